The topological polar surface area (TPSA) is 108 Å². The van der Waals surface area contributed by atoms with Crippen LogP contribution in [0.1, 0.15) is 6.42 Å². The molecule has 2 amide bonds. The number of rotatable bonds is 8. The summed E-state index contributed by atoms with van der Waals surface area (Å²) in [6.45, 7) is -0.353. The summed E-state index contributed by atoms with van der Waals surface area (Å²) in [6, 6.07) is 7.69. The molecule has 0 aliphatic heterocycles. The van der Waals surface area contributed by atoms with Crippen LogP contribution in [-0.4, -0.2) is 50.3 Å². The van der Waals surface area contributed by atoms with Gasteiger partial charge in [-0.05, 0) is 24.3 Å². The minimum Gasteiger partial charge on any atom is -0.336 e. The summed E-state index contributed by atoms with van der Waals surface area (Å²) in [4.78, 5) is 29.2. The van der Waals surface area contributed by atoms with E-state index in [4.69, 9.17) is 23.2 Å². The molecule has 1 aromatic heterocycles. The van der Waals surface area contributed by atoms with E-state index in [1.807, 2.05) is 0 Å². The number of nitrogens with zero attached hydrogens (tertiary/aromatic N) is 2. The lowest BCUT2D eigenvalue weighted by Crippen LogP contribution is -2.37. The number of hydrogen-bond acceptors (Lipinski definition) is 5. The van der Waals surface area contributed by atoms with Gasteiger partial charge in [-0.25, -0.2) is 13.1 Å². The summed E-state index contributed by atoms with van der Waals surface area (Å²) in [7, 11) is -2.31. The molecule has 0 radical (unpaired) electrons. The standard InChI is InChI=1S/C17H18Cl2N4O4S/c1-23(11-15(24)22-17-13(18)5-2-6-14(17)19)16(25)7-9-21-28(26,27)12-4-3-8-20-10-12/h2-6,8,10,21H,7,9,11H2,1H3,(H,22,24). The molecule has 2 N–H and O–H groups in total. The van der Waals surface area contributed by atoms with Crippen molar-refractivity contribution in [3.63, 3.8) is 0 Å². The van der Waals surface area contributed by atoms with Crippen LogP contribution in [0.4, 0.5) is 5.69 Å². The van der Waals surface area contributed by atoms with Crippen LogP contribution in [0.2, 0.25) is 10.0 Å². The maximum absolute atomic E-state index is 12.1. The Balaban J connectivity index is 1.83. The van der Waals surface area contributed by atoms with Crippen molar-refractivity contribution >= 4 is 50.7 Å². The molecule has 150 valence electrons. The van der Waals surface area contributed by atoms with Crippen LogP contribution in [0, 0.1) is 0 Å². The van der Waals surface area contributed by atoms with Gasteiger partial charge in [0, 0.05) is 32.4 Å². The monoisotopic (exact) mass is 444 g/mol. The Bertz CT molecular complexity index is 935. The Kier molecular flexibility index (Phi) is 7.76. The van der Waals surface area contributed by atoms with Crippen LogP contribution in [0.3, 0.4) is 0 Å². The van der Waals surface area contributed by atoms with Crippen LogP contribution in [0.25, 0.3) is 0 Å². The number of benzene rings is 1. The highest BCUT2D eigenvalue weighted by atomic mass is 35.5. The average molecular weight is 445 g/mol. The highest BCUT2D eigenvalue weighted by Crippen LogP contribution is 2.29. The van der Waals surface area contributed by atoms with E-state index in [0.717, 1.165) is 0 Å². The maximum Gasteiger partial charge on any atom is 0.244 e. The van der Waals surface area contributed by atoms with Gasteiger partial charge < -0.3 is 10.2 Å². The Labute approximate surface area is 172 Å². The molecule has 28 heavy (non-hydrogen) atoms. The van der Waals surface area contributed by atoms with Crippen LogP contribution in [0.5, 0.6) is 0 Å². The quantitative estimate of drug-likeness (QED) is 0.648. The van der Waals surface area contributed by atoms with E-state index in [0.29, 0.717) is 0 Å². The van der Waals surface area contributed by atoms with Crippen molar-refractivity contribution in [3.05, 3.63) is 52.8 Å². The molecule has 0 aliphatic carbocycles. The van der Waals surface area contributed by atoms with Gasteiger partial charge in [-0.1, -0.05) is 29.3 Å². The SMILES string of the molecule is CN(CC(=O)Nc1c(Cl)cccc1Cl)C(=O)CCNS(=O)(=O)c1cccnc1. The van der Waals surface area contributed by atoms with Crippen molar-refractivity contribution in [1.82, 2.24) is 14.6 Å². The van der Waals surface area contributed by atoms with E-state index in [-0.39, 0.29) is 40.1 Å². The molecular weight excluding hydrogens is 427 g/mol. The van der Waals surface area contributed by atoms with Gasteiger partial charge in [-0.2, -0.15) is 0 Å². The van der Waals surface area contributed by atoms with Gasteiger partial charge in [-0.3, -0.25) is 14.6 Å². The third-order valence-electron chi connectivity index (χ3n) is 3.61. The third-order valence-corrected chi connectivity index (χ3v) is 5.69. The second kappa shape index (κ2) is 9.83. The summed E-state index contributed by atoms with van der Waals surface area (Å²) in [5, 5.41) is 3.11. The molecule has 0 aliphatic rings. The van der Waals surface area contributed by atoms with Gasteiger partial charge in [-0.15, -0.1) is 0 Å². The Morgan fingerprint density at radius 3 is 2.43 bits per heavy atom. The number of hydrogen-bond donors (Lipinski definition) is 2. The van der Waals surface area contributed by atoms with E-state index in [1.165, 1.54) is 36.5 Å². The third kappa shape index (κ3) is 6.16. The number of carbonyl (C=O) groups excluding carboxylic acids is 2. The fraction of sp³-hybridized carbons (Fsp3) is 0.235. The van der Waals surface area contributed by atoms with Gasteiger partial charge in [0.05, 0.1) is 22.3 Å². The minimum atomic E-state index is -3.75. The average Bonchev–Trinajstić information content (AvgIpc) is 2.65. The number of para-hydroxylation sites is 1. The molecule has 1 aromatic carbocycles. The molecule has 2 rings (SSSR count). The Morgan fingerprint density at radius 1 is 1.14 bits per heavy atom. The van der Waals surface area contributed by atoms with Crippen molar-refractivity contribution in [2.24, 2.45) is 0 Å². The molecule has 0 unspecified atom stereocenters. The predicted octanol–water partition coefficient (Wildman–Crippen LogP) is 2.15. The number of halogens is 2. The lowest BCUT2D eigenvalue weighted by Gasteiger charge is -2.17. The summed E-state index contributed by atoms with van der Waals surface area (Å²) in [5.41, 5.74) is 0.265. The fourth-order valence-corrected chi connectivity index (χ4v) is 3.66. The van der Waals surface area contributed by atoms with Crippen molar-refractivity contribution < 1.29 is 18.0 Å². The van der Waals surface area contributed by atoms with Crippen LogP contribution in [0.15, 0.2) is 47.6 Å². The zero-order chi connectivity index (χ0) is 20.7. The first-order chi connectivity index (χ1) is 13.2. The molecular formula is C17H18Cl2N4O4S. The van der Waals surface area contributed by atoms with E-state index >= 15 is 0 Å². The van der Waals surface area contributed by atoms with E-state index in [1.54, 1.807) is 18.2 Å². The van der Waals surface area contributed by atoms with E-state index in [9.17, 15) is 18.0 Å². The molecule has 8 nitrogen and oxygen atoms in total. The van der Waals surface area contributed by atoms with Gasteiger partial charge in [0.1, 0.15) is 4.90 Å². The smallest absolute Gasteiger partial charge is 0.244 e. The lowest BCUT2D eigenvalue weighted by molar-refractivity contribution is -0.133. The maximum atomic E-state index is 12.1. The molecule has 0 bridgehead atoms. The number of likely N-dealkylation sites (N-methyl/N-ethyl adjacent to an activating group) is 1. The number of nitrogens with one attached hydrogen (secondary N) is 2. The molecule has 0 spiro atoms. The molecule has 0 atom stereocenters. The van der Waals surface area contributed by atoms with Crippen molar-refractivity contribution in [1.29, 1.82) is 0 Å². The second-order valence-electron chi connectivity index (χ2n) is 5.73. The number of pyridine rings is 1. The number of sulfonamides is 1. The molecule has 0 saturated carbocycles. The Hall–Kier alpha value is -2.20. The molecule has 2 aromatic rings. The summed E-state index contributed by atoms with van der Waals surface area (Å²) in [6.07, 6.45) is 2.55. The number of carbonyl (C=O) groups is 2. The normalized spacial score (nSPS) is 11.1. The highest BCUT2D eigenvalue weighted by molar-refractivity contribution is 7.89. The van der Waals surface area contributed by atoms with Crippen LogP contribution >= 0.6 is 23.2 Å². The first-order valence-corrected chi connectivity index (χ1v) is 10.3. The van der Waals surface area contributed by atoms with Gasteiger partial charge in [0.25, 0.3) is 0 Å². The van der Waals surface area contributed by atoms with Crippen molar-refractivity contribution in [3.8, 4) is 0 Å². The summed E-state index contributed by atoms with van der Waals surface area (Å²) in [5.74, 6) is -0.893. The molecule has 11 heteroatoms. The zero-order valence-electron chi connectivity index (χ0n) is 14.9. The zero-order valence-corrected chi connectivity index (χ0v) is 17.2. The molecule has 0 saturated heterocycles. The molecule has 0 fully saturated rings. The number of amides is 2. The number of anilines is 1. The van der Waals surface area contributed by atoms with E-state index in [2.05, 4.69) is 15.0 Å². The summed E-state index contributed by atoms with van der Waals surface area (Å²) < 4.78 is 26.4. The summed E-state index contributed by atoms with van der Waals surface area (Å²) >= 11 is 12.0. The van der Waals surface area contributed by atoms with Crippen molar-refractivity contribution in [2.75, 3.05) is 25.5 Å². The Morgan fingerprint density at radius 2 is 1.82 bits per heavy atom. The second-order valence-corrected chi connectivity index (χ2v) is 8.31. The van der Waals surface area contributed by atoms with Gasteiger partial charge >= 0.3 is 0 Å². The van der Waals surface area contributed by atoms with Crippen molar-refractivity contribution in [2.45, 2.75) is 11.3 Å². The first-order valence-electron chi connectivity index (χ1n) is 8.08. The van der Waals surface area contributed by atoms with Crippen LogP contribution < -0.4 is 10.0 Å². The lowest BCUT2D eigenvalue weighted by atomic mass is 10.3. The van der Waals surface area contributed by atoms with Gasteiger partial charge in [0.2, 0.25) is 21.8 Å². The van der Waals surface area contributed by atoms with Crippen LogP contribution in [-0.2, 0) is 19.6 Å². The first kappa shape index (κ1) is 22.1. The van der Waals surface area contributed by atoms with E-state index < -0.39 is 21.8 Å². The number of aromatic nitrogens is 1. The van der Waals surface area contributed by atoms with Gasteiger partial charge in [0.15, 0.2) is 0 Å². The minimum absolute atomic E-state index is 0.00630. The fourth-order valence-electron chi connectivity index (χ4n) is 2.17. The predicted molar refractivity (Wildman–Crippen MR) is 107 cm³/mol. The largest absolute Gasteiger partial charge is 0.336 e. The highest BCUT2D eigenvalue weighted by Gasteiger charge is 2.17. The molecule has 1 heterocycles.